The molecule has 2 aromatic carbocycles. The highest BCUT2D eigenvalue weighted by Gasteiger charge is 2.30. The maximum Gasteiger partial charge on any atom is 0.416 e. The number of fused-ring (bicyclic) bond motifs is 1. The maximum absolute atomic E-state index is 13.0. The average molecular weight is 479 g/mol. The van der Waals surface area contributed by atoms with E-state index in [9.17, 15) is 18.0 Å². The van der Waals surface area contributed by atoms with E-state index in [2.05, 4.69) is 26.7 Å². The first-order valence-electron chi connectivity index (χ1n) is 10.9. The topological polar surface area (TPSA) is 81.1 Å². The molecule has 1 amide bonds. The van der Waals surface area contributed by atoms with Crippen molar-refractivity contribution < 1.29 is 22.7 Å². The summed E-state index contributed by atoms with van der Waals surface area (Å²) in [6.07, 6.45) is 3.41. The van der Waals surface area contributed by atoms with Crippen LogP contribution < -0.4 is 15.4 Å². The molecule has 4 aromatic rings. The predicted molar refractivity (Wildman–Crippen MR) is 124 cm³/mol. The molecule has 5 rings (SSSR count). The number of benzene rings is 2. The van der Waals surface area contributed by atoms with Crippen molar-refractivity contribution in [3.05, 3.63) is 90.7 Å². The molecular weight excluding hydrogens is 459 g/mol. The number of alkyl halides is 3. The zero-order valence-corrected chi connectivity index (χ0v) is 18.3. The molecule has 0 aliphatic carbocycles. The Labute approximate surface area is 198 Å². The molecule has 0 spiro atoms. The van der Waals surface area contributed by atoms with E-state index in [1.54, 1.807) is 36.5 Å². The van der Waals surface area contributed by atoms with Gasteiger partial charge in [-0.1, -0.05) is 12.1 Å². The van der Waals surface area contributed by atoms with Crippen molar-refractivity contribution in [3.63, 3.8) is 0 Å². The second kappa shape index (κ2) is 9.13. The molecular formula is C25H20F3N5O2. The van der Waals surface area contributed by atoms with E-state index in [0.29, 0.717) is 17.1 Å². The Hall–Kier alpha value is -4.34. The summed E-state index contributed by atoms with van der Waals surface area (Å²) in [6.45, 7) is 0.871. The van der Waals surface area contributed by atoms with Gasteiger partial charge in [-0.15, -0.1) is 0 Å². The summed E-state index contributed by atoms with van der Waals surface area (Å²) < 4.78 is 46.1. The largest absolute Gasteiger partial charge is 0.439 e. The van der Waals surface area contributed by atoms with Crippen molar-refractivity contribution >= 4 is 22.6 Å². The molecule has 2 aromatic heterocycles. The maximum atomic E-state index is 13.0. The molecule has 1 aliphatic heterocycles. The van der Waals surface area contributed by atoms with Crippen LogP contribution in [0.5, 0.6) is 11.6 Å². The second-order valence-corrected chi connectivity index (χ2v) is 8.01. The van der Waals surface area contributed by atoms with Gasteiger partial charge in [-0.3, -0.25) is 4.57 Å². The molecule has 2 N–H and O–H groups in total. The smallest absolute Gasteiger partial charge is 0.416 e. The standard InChI is InChI=1S/C25H20F3N5O2/c26-25(27,28)18-2-1-3-19(13-18)32-24(34)33-11-8-17-12-20(4-5-22(17)33)35-23-14-21(30-15-31-23)16-6-9-29-10-7-16/h1-6,8-9,11-16,29H,7,10H2,(H,32,34). The summed E-state index contributed by atoms with van der Waals surface area (Å²) in [6, 6.07) is 12.6. The molecule has 1 aliphatic rings. The number of anilines is 1. The SMILES string of the molecule is O=C(Nc1cccc(C(F)(F)F)c1)n1ccc2cc(Oc3cc(C4C=CNCC4)ncn3)ccc21. The van der Waals surface area contributed by atoms with Gasteiger partial charge >= 0.3 is 12.2 Å². The molecule has 1 atom stereocenters. The van der Waals surface area contributed by atoms with Gasteiger partial charge in [0.25, 0.3) is 0 Å². The predicted octanol–water partition coefficient (Wildman–Crippen LogP) is 5.91. The molecule has 0 fully saturated rings. The summed E-state index contributed by atoms with van der Waals surface area (Å²) in [5.41, 5.74) is 0.657. The number of halogens is 3. The second-order valence-electron chi connectivity index (χ2n) is 8.01. The zero-order chi connectivity index (χ0) is 24.4. The minimum absolute atomic E-state index is 0.0507. The molecule has 0 saturated carbocycles. The average Bonchev–Trinajstić information content (AvgIpc) is 3.28. The Bertz CT molecular complexity index is 1410. The van der Waals surface area contributed by atoms with Gasteiger partial charge in [0.05, 0.1) is 16.8 Å². The van der Waals surface area contributed by atoms with E-state index < -0.39 is 17.8 Å². The van der Waals surface area contributed by atoms with Gasteiger partial charge in [0.1, 0.15) is 12.1 Å². The number of rotatable bonds is 4. The van der Waals surface area contributed by atoms with Crippen LogP contribution in [0.15, 0.2) is 79.4 Å². The number of nitrogens with zero attached hydrogens (tertiary/aromatic N) is 3. The van der Waals surface area contributed by atoms with Crippen LogP contribution in [-0.4, -0.2) is 27.1 Å². The van der Waals surface area contributed by atoms with E-state index >= 15 is 0 Å². The number of aromatic nitrogens is 3. The number of ether oxygens (including phenoxy) is 1. The van der Waals surface area contributed by atoms with Crippen LogP contribution in [0.2, 0.25) is 0 Å². The first-order valence-corrected chi connectivity index (χ1v) is 10.9. The van der Waals surface area contributed by atoms with Crippen LogP contribution in [0.1, 0.15) is 23.6 Å². The molecule has 0 saturated heterocycles. The third-order valence-corrected chi connectivity index (χ3v) is 5.63. The summed E-state index contributed by atoms with van der Waals surface area (Å²) >= 11 is 0. The molecule has 3 heterocycles. The lowest BCUT2D eigenvalue weighted by Gasteiger charge is -2.17. The Morgan fingerprint density at radius 3 is 2.80 bits per heavy atom. The van der Waals surface area contributed by atoms with Crippen molar-refractivity contribution in [2.75, 3.05) is 11.9 Å². The monoisotopic (exact) mass is 479 g/mol. The Balaban J connectivity index is 1.33. The van der Waals surface area contributed by atoms with Gasteiger partial charge in [-0.05, 0) is 55.1 Å². The molecule has 1 unspecified atom stereocenters. The number of allylic oxidation sites excluding steroid dienone is 1. The van der Waals surface area contributed by atoms with Crippen LogP contribution in [0.3, 0.4) is 0 Å². The number of nitrogens with one attached hydrogen (secondary N) is 2. The van der Waals surface area contributed by atoms with Gasteiger partial charge in [-0.25, -0.2) is 14.8 Å². The first kappa shape index (κ1) is 22.5. The Morgan fingerprint density at radius 1 is 1.11 bits per heavy atom. The lowest BCUT2D eigenvalue weighted by Crippen LogP contribution is -2.18. The number of hydrogen-bond donors (Lipinski definition) is 2. The number of carbonyl (C=O) groups is 1. The summed E-state index contributed by atoms with van der Waals surface area (Å²) in [7, 11) is 0. The summed E-state index contributed by atoms with van der Waals surface area (Å²) in [4.78, 5) is 21.3. The highest BCUT2D eigenvalue weighted by Crippen LogP contribution is 2.31. The minimum Gasteiger partial charge on any atom is -0.439 e. The van der Waals surface area contributed by atoms with Crippen molar-refractivity contribution in [1.82, 2.24) is 19.9 Å². The molecule has 0 bridgehead atoms. The molecule has 178 valence electrons. The summed E-state index contributed by atoms with van der Waals surface area (Å²) in [5.74, 6) is 1.12. The molecule has 0 radical (unpaired) electrons. The van der Waals surface area contributed by atoms with E-state index in [1.807, 2.05) is 6.20 Å². The fraction of sp³-hybridized carbons (Fsp3) is 0.160. The Kier molecular flexibility index (Phi) is 5.86. The summed E-state index contributed by atoms with van der Waals surface area (Å²) in [5, 5.41) is 6.38. The normalized spacial score (nSPS) is 15.6. The van der Waals surface area contributed by atoms with Crippen LogP contribution >= 0.6 is 0 Å². The van der Waals surface area contributed by atoms with Crippen molar-refractivity contribution in [2.24, 2.45) is 0 Å². The van der Waals surface area contributed by atoms with Crippen LogP contribution in [0.25, 0.3) is 10.9 Å². The molecule has 10 heteroatoms. The van der Waals surface area contributed by atoms with Gasteiger partial charge in [0.15, 0.2) is 0 Å². The minimum atomic E-state index is -4.49. The van der Waals surface area contributed by atoms with E-state index in [1.165, 1.54) is 23.0 Å². The zero-order valence-electron chi connectivity index (χ0n) is 18.3. The van der Waals surface area contributed by atoms with Gasteiger partial charge in [-0.2, -0.15) is 13.2 Å². The van der Waals surface area contributed by atoms with E-state index in [4.69, 9.17) is 4.74 Å². The molecule has 35 heavy (non-hydrogen) atoms. The lowest BCUT2D eigenvalue weighted by atomic mass is 9.99. The van der Waals surface area contributed by atoms with E-state index in [0.717, 1.165) is 36.2 Å². The third kappa shape index (κ3) is 4.96. The fourth-order valence-electron chi connectivity index (χ4n) is 3.90. The third-order valence-electron chi connectivity index (χ3n) is 5.63. The molecule has 7 nitrogen and oxygen atoms in total. The van der Waals surface area contributed by atoms with Crippen LogP contribution in [0, 0.1) is 0 Å². The highest BCUT2D eigenvalue weighted by atomic mass is 19.4. The van der Waals surface area contributed by atoms with Crippen LogP contribution in [0.4, 0.5) is 23.7 Å². The van der Waals surface area contributed by atoms with Crippen LogP contribution in [-0.2, 0) is 6.18 Å². The number of amides is 1. The van der Waals surface area contributed by atoms with Crippen molar-refractivity contribution in [3.8, 4) is 11.6 Å². The van der Waals surface area contributed by atoms with Gasteiger partial charge < -0.3 is 15.4 Å². The van der Waals surface area contributed by atoms with Crippen molar-refractivity contribution in [1.29, 1.82) is 0 Å². The first-order chi connectivity index (χ1) is 16.9. The quantitative estimate of drug-likeness (QED) is 0.380. The van der Waals surface area contributed by atoms with Gasteiger partial charge in [0, 0.05) is 35.8 Å². The highest BCUT2D eigenvalue weighted by molar-refractivity contribution is 5.98. The van der Waals surface area contributed by atoms with Gasteiger partial charge in [0.2, 0.25) is 5.88 Å². The fourth-order valence-corrected chi connectivity index (χ4v) is 3.90. The Morgan fingerprint density at radius 2 is 2.00 bits per heavy atom. The number of hydrogen-bond acceptors (Lipinski definition) is 5. The van der Waals surface area contributed by atoms with Crippen molar-refractivity contribution in [2.45, 2.75) is 18.5 Å². The lowest BCUT2D eigenvalue weighted by molar-refractivity contribution is -0.137. The van der Waals surface area contributed by atoms with E-state index in [-0.39, 0.29) is 11.6 Å². The number of carbonyl (C=O) groups excluding carboxylic acids is 1.